The van der Waals surface area contributed by atoms with Crippen molar-refractivity contribution in [1.29, 1.82) is 5.26 Å². The van der Waals surface area contributed by atoms with Gasteiger partial charge in [-0.25, -0.2) is 0 Å². The Morgan fingerprint density at radius 3 is 1.00 bits per heavy atom. The van der Waals surface area contributed by atoms with E-state index in [0.717, 1.165) is 0 Å². The van der Waals surface area contributed by atoms with E-state index in [1.807, 2.05) is 20.0 Å². The molecule has 0 aromatic rings. The molecule has 0 radical (unpaired) electrons. The fourth-order valence-corrected chi connectivity index (χ4v) is 0.129. The molecule has 1 N–H and O–H groups in total. The van der Waals surface area contributed by atoms with E-state index in [4.69, 9.17) is 28.5 Å². The quantitative estimate of drug-likeness (QED) is 0.289. The molecule has 8 heteroatoms. The maximum atomic E-state index is 7.88. The summed E-state index contributed by atoms with van der Waals surface area (Å²) in [5.41, 5.74) is 0. The van der Waals surface area contributed by atoms with Gasteiger partial charge in [-0.05, 0) is 13.8 Å². The van der Waals surface area contributed by atoms with Gasteiger partial charge in [0.1, 0.15) is 0 Å². The minimum absolute atomic E-state index is 0. The predicted molar refractivity (Wildman–Crippen MR) is 43.5 cm³/mol. The molecule has 7 nitrogen and oxygen atoms in total. The summed E-state index contributed by atoms with van der Waals surface area (Å²) in [4.78, 5) is 0. The number of hydrogen-bond acceptors (Lipinski definition) is 2. The van der Waals surface area contributed by atoms with Crippen LogP contribution in [0.4, 0.5) is 0 Å². The van der Waals surface area contributed by atoms with Gasteiger partial charge in [0.15, 0.2) is 6.19 Å². The largest absolute Gasteiger partial charge is 0 e. The minimum atomic E-state index is 0. The van der Waals surface area contributed by atoms with Crippen LogP contribution in [0, 0.1) is 44.7 Å². The Bertz CT molecular complexity index is 189. The van der Waals surface area contributed by atoms with Gasteiger partial charge in [-0.15, -0.1) is 0 Å². The molecule has 0 atom stereocenters. The molecule has 17 heavy (non-hydrogen) atoms. The van der Waals surface area contributed by atoms with Crippen molar-refractivity contribution in [3.8, 4) is 6.19 Å². The van der Waals surface area contributed by atoms with Crippen LogP contribution >= 0.6 is 0 Å². The van der Waals surface area contributed by atoms with Crippen molar-refractivity contribution >= 4 is 0 Å². The van der Waals surface area contributed by atoms with Gasteiger partial charge in [0.25, 0.3) is 0 Å². The van der Waals surface area contributed by atoms with E-state index < -0.39 is 0 Å². The molecule has 0 amide bonds. The number of nitrogens with one attached hydrogen (secondary N) is 1. The van der Waals surface area contributed by atoms with E-state index in [2.05, 4.69) is 38.6 Å². The van der Waals surface area contributed by atoms with Gasteiger partial charge in [0.2, 0.25) is 0 Å². The van der Waals surface area contributed by atoms with Crippen LogP contribution in [-0.2, 0) is 44.3 Å². The Hall–Kier alpha value is -1.32. The molecule has 0 heterocycles. The Morgan fingerprint density at radius 1 is 0.824 bits per heavy atom. The SMILES string of the molecule is CC(C)NC#N.[C-]#[O+].[C-]#[O+].[C-]#[O+].[C-]#[O+].[C-]#[O+].[W]. The zero-order valence-corrected chi connectivity index (χ0v) is 11.9. The third-order valence-corrected chi connectivity index (χ3v) is 0.353. The molecule has 90 valence electrons. The fraction of sp³-hybridized carbons (Fsp3) is 0.333. The van der Waals surface area contributed by atoms with Gasteiger partial charge in [0, 0.05) is 27.1 Å². The van der Waals surface area contributed by atoms with E-state index in [0.29, 0.717) is 0 Å². The second-order valence-electron chi connectivity index (χ2n) is 1.41. The molecule has 0 rings (SSSR count). The summed E-state index contributed by atoms with van der Waals surface area (Å²) in [5, 5.41) is 10.4. The van der Waals surface area contributed by atoms with E-state index in [-0.39, 0.29) is 27.1 Å². The van der Waals surface area contributed by atoms with Crippen LogP contribution in [0.5, 0.6) is 0 Å². The van der Waals surface area contributed by atoms with Crippen molar-refractivity contribution in [3.63, 3.8) is 0 Å². The van der Waals surface area contributed by atoms with Crippen molar-refractivity contribution in [2.75, 3.05) is 0 Å². The van der Waals surface area contributed by atoms with Gasteiger partial charge in [0.05, 0.1) is 0 Å². The van der Waals surface area contributed by atoms with Gasteiger partial charge in [-0.2, -0.15) is 5.26 Å². The van der Waals surface area contributed by atoms with Gasteiger partial charge >= 0.3 is 56.5 Å². The zero-order valence-electron chi connectivity index (χ0n) is 8.97. The van der Waals surface area contributed by atoms with Crippen LogP contribution in [0.3, 0.4) is 0 Å². The first-order valence-corrected chi connectivity index (χ1v) is 2.94. The summed E-state index contributed by atoms with van der Waals surface area (Å²) in [6.07, 6.45) is 1.82. The molecule has 0 aromatic heterocycles. The number of hydrogen-bond donors (Lipinski definition) is 1. The molecule has 0 unspecified atom stereocenters. The third-order valence-electron chi connectivity index (χ3n) is 0.353. The van der Waals surface area contributed by atoms with Gasteiger partial charge in [-0.1, -0.05) is 0 Å². The Kier molecular flexibility index (Phi) is 536. The Morgan fingerprint density at radius 2 is 1.00 bits per heavy atom. The fourth-order valence-electron chi connectivity index (χ4n) is 0.129. The molecular weight excluding hydrogens is 400 g/mol. The van der Waals surface area contributed by atoms with Crippen molar-refractivity contribution in [3.05, 3.63) is 33.3 Å². The molecular formula is C9H8N2O5W. The summed E-state index contributed by atoms with van der Waals surface area (Å²) < 4.78 is 37.5. The average Bonchev–Trinajstić information content (AvgIpc) is 2.41. The van der Waals surface area contributed by atoms with Crippen LogP contribution in [-0.4, -0.2) is 6.04 Å². The molecule has 0 bridgehead atoms. The van der Waals surface area contributed by atoms with Crippen molar-refractivity contribution in [2.45, 2.75) is 19.9 Å². The van der Waals surface area contributed by atoms with Crippen molar-refractivity contribution in [1.82, 2.24) is 5.32 Å². The van der Waals surface area contributed by atoms with Crippen LogP contribution in [0.2, 0.25) is 0 Å². The summed E-state index contributed by atoms with van der Waals surface area (Å²) >= 11 is 0. The zero-order chi connectivity index (χ0) is 15.0. The topological polar surface area (TPSA) is 135 Å². The smallest absolute Gasteiger partial charge is 0 e. The summed E-state index contributed by atoms with van der Waals surface area (Å²) in [6.45, 7) is 26.3. The standard InChI is InChI=1S/C4H8N2.5CO.W/c1-4(2)6-3-5;5*1-2;/h4,6H,1-2H3;;;;;;. The van der Waals surface area contributed by atoms with Crippen molar-refractivity contribution in [2.24, 2.45) is 0 Å². The molecule has 0 aromatic carbocycles. The van der Waals surface area contributed by atoms with Gasteiger partial charge < -0.3 is 5.32 Å². The van der Waals surface area contributed by atoms with Crippen LogP contribution in [0.25, 0.3) is 0 Å². The normalized spacial score (nSPS) is 3.29. The second-order valence-corrected chi connectivity index (χ2v) is 1.41. The Labute approximate surface area is 114 Å². The molecule has 0 aliphatic rings. The summed E-state index contributed by atoms with van der Waals surface area (Å²) in [6, 6.07) is 0.287. The number of rotatable bonds is 1. The molecule has 0 aliphatic heterocycles. The first-order valence-electron chi connectivity index (χ1n) is 2.94. The van der Waals surface area contributed by atoms with Crippen LogP contribution in [0.15, 0.2) is 0 Å². The average molecular weight is 408 g/mol. The molecule has 0 saturated carbocycles. The van der Waals surface area contributed by atoms with Crippen molar-refractivity contribution < 1.29 is 44.3 Å². The molecule has 0 saturated heterocycles. The van der Waals surface area contributed by atoms with E-state index in [1.165, 1.54) is 0 Å². The molecule has 0 spiro atoms. The van der Waals surface area contributed by atoms with Gasteiger partial charge in [-0.3, -0.25) is 0 Å². The van der Waals surface area contributed by atoms with E-state index in [1.54, 1.807) is 0 Å². The first kappa shape index (κ1) is 44.9. The number of nitriles is 1. The van der Waals surface area contributed by atoms with Crippen LogP contribution < -0.4 is 5.32 Å². The van der Waals surface area contributed by atoms with Crippen LogP contribution in [0.1, 0.15) is 13.8 Å². The third kappa shape index (κ3) is 838. The number of nitrogens with zero attached hydrogens (tertiary/aromatic N) is 1. The maximum Gasteiger partial charge on any atom is 0 e. The molecule has 0 fully saturated rings. The van der Waals surface area contributed by atoms with E-state index in [9.17, 15) is 0 Å². The maximum absolute atomic E-state index is 7.88. The predicted octanol–water partition coefficient (Wildman–Crippen LogP) is 0.275. The Balaban J connectivity index is -0.0000000158. The summed E-state index contributed by atoms with van der Waals surface area (Å²) in [5.74, 6) is 0. The summed E-state index contributed by atoms with van der Waals surface area (Å²) in [7, 11) is 0. The minimum Gasteiger partial charge on any atom is 0 e. The van der Waals surface area contributed by atoms with E-state index >= 15 is 0 Å². The monoisotopic (exact) mass is 408 g/mol. The molecule has 0 aliphatic carbocycles. The second kappa shape index (κ2) is 203. The first-order chi connectivity index (χ1) is 7.77.